The summed E-state index contributed by atoms with van der Waals surface area (Å²) in [5, 5.41) is 2.94. The van der Waals surface area contributed by atoms with Crippen molar-refractivity contribution < 1.29 is 4.79 Å². The van der Waals surface area contributed by atoms with Crippen molar-refractivity contribution in [3.63, 3.8) is 0 Å². The van der Waals surface area contributed by atoms with Crippen molar-refractivity contribution in [3.8, 4) is 12.3 Å². The van der Waals surface area contributed by atoms with Gasteiger partial charge in [0, 0.05) is 18.9 Å². The zero-order valence-corrected chi connectivity index (χ0v) is 10.3. The second kappa shape index (κ2) is 7.33. The lowest BCUT2D eigenvalue weighted by Gasteiger charge is -2.21. The van der Waals surface area contributed by atoms with Gasteiger partial charge in [-0.05, 0) is 19.3 Å². The number of hydrogen-bond acceptors (Lipinski definition) is 1. The van der Waals surface area contributed by atoms with Crippen LogP contribution in [0.15, 0.2) is 0 Å². The van der Waals surface area contributed by atoms with Crippen molar-refractivity contribution in [2.45, 2.75) is 64.3 Å². The zero-order valence-electron chi connectivity index (χ0n) is 10.3. The molecule has 0 bridgehead atoms. The Morgan fingerprint density at radius 1 is 1.44 bits per heavy atom. The third-order valence-electron chi connectivity index (χ3n) is 3.34. The highest BCUT2D eigenvalue weighted by Crippen LogP contribution is 2.27. The van der Waals surface area contributed by atoms with E-state index in [1.807, 2.05) is 6.92 Å². The van der Waals surface area contributed by atoms with Crippen LogP contribution in [0, 0.1) is 18.3 Å². The summed E-state index contributed by atoms with van der Waals surface area (Å²) < 4.78 is 0. The van der Waals surface area contributed by atoms with E-state index >= 15 is 0 Å². The average Bonchev–Trinajstić information content (AvgIpc) is 2.28. The van der Waals surface area contributed by atoms with E-state index in [-0.39, 0.29) is 11.9 Å². The summed E-state index contributed by atoms with van der Waals surface area (Å²) in [6, 6.07) is 0.115. The first kappa shape index (κ1) is 13.1. The van der Waals surface area contributed by atoms with Crippen LogP contribution in [0.2, 0.25) is 0 Å². The fraction of sp³-hybridized carbons (Fsp3) is 0.786. The van der Waals surface area contributed by atoms with Gasteiger partial charge in [0.15, 0.2) is 0 Å². The highest BCUT2D eigenvalue weighted by Gasteiger charge is 2.15. The van der Waals surface area contributed by atoms with Gasteiger partial charge in [0.25, 0.3) is 0 Å². The molecule has 1 N–H and O–H groups in total. The van der Waals surface area contributed by atoms with Crippen molar-refractivity contribution in [2.24, 2.45) is 5.92 Å². The van der Waals surface area contributed by atoms with Gasteiger partial charge in [-0.1, -0.05) is 32.1 Å². The van der Waals surface area contributed by atoms with Crippen LogP contribution in [0.5, 0.6) is 0 Å². The molecule has 1 unspecified atom stereocenters. The quantitative estimate of drug-likeness (QED) is 0.711. The average molecular weight is 221 g/mol. The topological polar surface area (TPSA) is 29.1 Å². The van der Waals surface area contributed by atoms with E-state index in [9.17, 15) is 4.79 Å². The molecule has 0 radical (unpaired) electrons. The Kier molecular flexibility index (Phi) is 6.00. The maximum Gasteiger partial charge on any atom is 0.220 e. The first-order valence-corrected chi connectivity index (χ1v) is 6.45. The fourth-order valence-electron chi connectivity index (χ4n) is 2.39. The molecule has 2 heteroatoms. The molecule has 1 fully saturated rings. The van der Waals surface area contributed by atoms with Gasteiger partial charge in [-0.3, -0.25) is 4.79 Å². The van der Waals surface area contributed by atoms with Crippen LogP contribution in [0.3, 0.4) is 0 Å². The highest BCUT2D eigenvalue weighted by atomic mass is 16.1. The minimum Gasteiger partial charge on any atom is -0.353 e. The van der Waals surface area contributed by atoms with E-state index in [1.165, 1.54) is 32.1 Å². The van der Waals surface area contributed by atoms with Gasteiger partial charge in [0.2, 0.25) is 5.91 Å². The first-order valence-electron chi connectivity index (χ1n) is 6.45. The van der Waals surface area contributed by atoms with E-state index in [0.717, 1.165) is 12.3 Å². The smallest absolute Gasteiger partial charge is 0.220 e. The van der Waals surface area contributed by atoms with Crippen LogP contribution in [0.1, 0.15) is 58.3 Å². The molecular weight excluding hydrogens is 198 g/mol. The maximum absolute atomic E-state index is 11.6. The predicted molar refractivity (Wildman–Crippen MR) is 66.9 cm³/mol. The van der Waals surface area contributed by atoms with Crippen molar-refractivity contribution in [1.82, 2.24) is 5.32 Å². The lowest BCUT2D eigenvalue weighted by Crippen LogP contribution is -2.32. The SMILES string of the molecule is C#CCC(C)NC(=O)CCC1CCCCC1. The zero-order chi connectivity index (χ0) is 11.8. The normalized spacial score (nSPS) is 18.8. The summed E-state index contributed by atoms with van der Waals surface area (Å²) in [6.45, 7) is 1.96. The number of nitrogens with one attached hydrogen (secondary N) is 1. The number of terminal acetylenes is 1. The minimum atomic E-state index is 0.115. The Bertz CT molecular complexity index is 248. The molecule has 16 heavy (non-hydrogen) atoms. The molecule has 0 aliphatic heterocycles. The Morgan fingerprint density at radius 3 is 2.75 bits per heavy atom. The molecule has 2 nitrogen and oxygen atoms in total. The molecule has 1 aliphatic carbocycles. The second-order valence-electron chi connectivity index (χ2n) is 4.92. The Labute approximate surface area is 99.2 Å². The summed E-state index contributed by atoms with van der Waals surface area (Å²) in [7, 11) is 0. The fourth-order valence-corrected chi connectivity index (χ4v) is 2.39. The van der Waals surface area contributed by atoms with Gasteiger partial charge in [-0.2, -0.15) is 0 Å². The van der Waals surface area contributed by atoms with Crippen LogP contribution in [-0.2, 0) is 4.79 Å². The molecule has 1 amide bonds. The maximum atomic E-state index is 11.6. The summed E-state index contributed by atoms with van der Waals surface area (Å²) >= 11 is 0. The standard InChI is InChI=1S/C14H23NO/c1-3-7-12(2)15-14(16)11-10-13-8-5-4-6-9-13/h1,12-13H,4-11H2,2H3,(H,15,16). The molecule has 0 heterocycles. The number of rotatable bonds is 5. The number of carbonyl (C=O) groups is 1. The van der Waals surface area contributed by atoms with Gasteiger partial charge >= 0.3 is 0 Å². The second-order valence-corrected chi connectivity index (χ2v) is 4.92. The molecule has 0 spiro atoms. The predicted octanol–water partition coefficient (Wildman–Crippen LogP) is 2.87. The van der Waals surface area contributed by atoms with E-state index in [2.05, 4.69) is 11.2 Å². The van der Waals surface area contributed by atoms with Crippen LogP contribution in [-0.4, -0.2) is 11.9 Å². The van der Waals surface area contributed by atoms with Crippen molar-refractivity contribution >= 4 is 5.91 Å². The van der Waals surface area contributed by atoms with Gasteiger partial charge in [0.05, 0.1) is 0 Å². The molecule has 0 saturated heterocycles. The van der Waals surface area contributed by atoms with Crippen molar-refractivity contribution in [1.29, 1.82) is 0 Å². The van der Waals surface area contributed by atoms with Gasteiger partial charge in [0.1, 0.15) is 0 Å². The summed E-state index contributed by atoms with van der Waals surface area (Å²) in [5.74, 6) is 3.50. The minimum absolute atomic E-state index is 0.115. The summed E-state index contributed by atoms with van der Waals surface area (Å²) in [5.41, 5.74) is 0. The lowest BCUT2D eigenvalue weighted by molar-refractivity contribution is -0.122. The van der Waals surface area contributed by atoms with E-state index in [0.29, 0.717) is 12.8 Å². The molecule has 1 atom stereocenters. The third kappa shape index (κ3) is 5.21. The first-order chi connectivity index (χ1) is 7.72. The molecule has 90 valence electrons. The molecule has 1 aliphatic rings. The van der Waals surface area contributed by atoms with E-state index < -0.39 is 0 Å². The van der Waals surface area contributed by atoms with Crippen LogP contribution >= 0.6 is 0 Å². The van der Waals surface area contributed by atoms with Gasteiger partial charge in [-0.25, -0.2) is 0 Å². The van der Waals surface area contributed by atoms with Crippen LogP contribution < -0.4 is 5.32 Å². The molecule has 0 aromatic carbocycles. The monoisotopic (exact) mass is 221 g/mol. The molecule has 1 rings (SSSR count). The largest absolute Gasteiger partial charge is 0.353 e. The highest BCUT2D eigenvalue weighted by molar-refractivity contribution is 5.76. The molecular formula is C14H23NO. The van der Waals surface area contributed by atoms with Gasteiger partial charge < -0.3 is 5.32 Å². The van der Waals surface area contributed by atoms with Gasteiger partial charge in [-0.15, -0.1) is 12.3 Å². The van der Waals surface area contributed by atoms with Crippen molar-refractivity contribution in [2.75, 3.05) is 0 Å². The van der Waals surface area contributed by atoms with Crippen LogP contribution in [0.4, 0.5) is 0 Å². The van der Waals surface area contributed by atoms with Crippen LogP contribution in [0.25, 0.3) is 0 Å². The summed E-state index contributed by atoms with van der Waals surface area (Å²) in [6.07, 6.45) is 14.2. The van der Waals surface area contributed by atoms with Crippen molar-refractivity contribution in [3.05, 3.63) is 0 Å². The Balaban J connectivity index is 2.12. The molecule has 0 aromatic heterocycles. The third-order valence-corrected chi connectivity index (χ3v) is 3.34. The number of amides is 1. The Hall–Kier alpha value is -0.970. The molecule has 1 saturated carbocycles. The lowest BCUT2D eigenvalue weighted by atomic mass is 9.86. The number of hydrogen-bond donors (Lipinski definition) is 1. The van der Waals surface area contributed by atoms with E-state index in [1.54, 1.807) is 0 Å². The Morgan fingerprint density at radius 2 is 2.12 bits per heavy atom. The summed E-state index contributed by atoms with van der Waals surface area (Å²) in [4.78, 5) is 11.6. The molecule has 0 aromatic rings. The number of carbonyl (C=O) groups excluding carboxylic acids is 1. The van der Waals surface area contributed by atoms with E-state index in [4.69, 9.17) is 6.42 Å².